The van der Waals surface area contributed by atoms with Gasteiger partial charge in [0, 0.05) is 24.9 Å². The van der Waals surface area contributed by atoms with E-state index >= 15 is 0 Å². The van der Waals surface area contributed by atoms with Crippen LogP contribution < -0.4 is 5.32 Å². The van der Waals surface area contributed by atoms with Crippen molar-refractivity contribution in [2.75, 3.05) is 26.4 Å². The lowest BCUT2D eigenvalue weighted by molar-refractivity contribution is -0.528. The van der Waals surface area contributed by atoms with Crippen molar-refractivity contribution >= 4 is 23.5 Å². The first-order valence-electron chi connectivity index (χ1n) is 17.5. The number of hydrogen-bond acceptors (Lipinski definition) is 16. The molecule has 0 fully saturated rings. The lowest BCUT2D eigenvalue weighted by Gasteiger charge is -2.20. The molecule has 0 radical (unpaired) electrons. The molecule has 0 spiro atoms. The third-order valence-corrected chi connectivity index (χ3v) is 8.62. The van der Waals surface area contributed by atoms with Crippen LogP contribution in [0.1, 0.15) is 47.2 Å². The molecule has 56 heavy (non-hydrogen) atoms. The molecule has 0 bridgehead atoms. The van der Waals surface area contributed by atoms with Crippen LogP contribution in [-0.4, -0.2) is 112 Å². The largest absolute Gasteiger partial charge is 0.462 e. The van der Waals surface area contributed by atoms with Crippen LogP contribution in [0.4, 0.5) is 0 Å². The van der Waals surface area contributed by atoms with Crippen LogP contribution in [0.25, 0.3) is 22.5 Å². The summed E-state index contributed by atoms with van der Waals surface area (Å²) in [4.78, 5) is 41.1. The number of unbranched alkanes of at least 4 members (excludes halogenated alkanes) is 1. The number of H-pyrrole nitrogens is 1. The summed E-state index contributed by atoms with van der Waals surface area (Å²) in [6, 6.07) is 23.5. The standard InChI is InChI=1S/C36H42ClN9O10/c1-2-3-13-31-39-33(37)32(44(31)21-25-14-16-26(17-15-25)28-11-7-8-12-29(28)34-40-42-43-41-34)35(47)38-30(20-24-9-5-4-6-10-24)36(48)54-19-18-53-22-27(56-46(51)52)23-55-45(49)50/h4-12,14-17,27,30,49-52H,2-3,13,18-23H2,1H3,(H,38,47)(H,40,41,42,43). The van der Waals surface area contributed by atoms with Gasteiger partial charge >= 0.3 is 5.97 Å². The van der Waals surface area contributed by atoms with Gasteiger partial charge in [-0.1, -0.05) is 104 Å². The number of halogens is 1. The number of ether oxygens (including phenoxy) is 2. The predicted molar refractivity (Wildman–Crippen MR) is 195 cm³/mol. The number of esters is 1. The van der Waals surface area contributed by atoms with E-state index in [0.717, 1.165) is 40.7 Å². The van der Waals surface area contributed by atoms with E-state index in [-0.39, 0.29) is 43.6 Å². The molecule has 0 aliphatic carbocycles. The number of nitrogens with zero attached hydrogens (tertiary/aromatic N) is 7. The first-order chi connectivity index (χ1) is 27.1. The van der Waals surface area contributed by atoms with Crippen molar-refractivity contribution in [3.05, 3.63) is 107 Å². The summed E-state index contributed by atoms with van der Waals surface area (Å²) in [5, 5.41) is 51.4. The second-order valence-corrected chi connectivity index (χ2v) is 12.7. The summed E-state index contributed by atoms with van der Waals surface area (Å²) in [6.07, 6.45) is 1.18. The van der Waals surface area contributed by atoms with Crippen molar-refractivity contribution < 1.29 is 49.6 Å². The predicted octanol–water partition coefficient (Wildman–Crippen LogP) is 4.07. The zero-order chi connectivity index (χ0) is 39.9. The highest BCUT2D eigenvalue weighted by atomic mass is 35.5. The molecule has 2 heterocycles. The minimum Gasteiger partial charge on any atom is -0.462 e. The van der Waals surface area contributed by atoms with Gasteiger partial charge in [0.25, 0.3) is 5.91 Å². The Bertz CT molecular complexity index is 1970. The number of aromatic amines is 1. The Kier molecular flexibility index (Phi) is 15.9. The minimum absolute atomic E-state index is 0.00455. The maximum absolute atomic E-state index is 14.1. The maximum Gasteiger partial charge on any atom is 0.329 e. The number of nitrogens with one attached hydrogen (secondary N) is 2. The van der Waals surface area contributed by atoms with Crippen molar-refractivity contribution in [1.82, 2.24) is 46.3 Å². The molecule has 2 aromatic heterocycles. The summed E-state index contributed by atoms with van der Waals surface area (Å²) >= 11 is 6.67. The van der Waals surface area contributed by atoms with Crippen LogP contribution in [0.3, 0.4) is 0 Å². The van der Waals surface area contributed by atoms with E-state index in [1.54, 1.807) is 4.57 Å². The Morgan fingerprint density at radius 1 is 0.911 bits per heavy atom. The normalized spacial score (nSPS) is 12.6. The van der Waals surface area contributed by atoms with E-state index in [9.17, 15) is 9.59 Å². The fourth-order valence-electron chi connectivity index (χ4n) is 5.74. The summed E-state index contributed by atoms with van der Waals surface area (Å²) in [5.74, 6) is -0.276. The average Bonchev–Trinajstić information content (AvgIpc) is 3.84. The molecule has 20 heteroatoms. The molecule has 2 unspecified atom stereocenters. The first kappa shape index (κ1) is 42.0. The smallest absolute Gasteiger partial charge is 0.329 e. The number of benzene rings is 3. The first-order valence-corrected chi connectivity index (χ1v) is 17.9. The Labute approximate surface area is 325 Å². The van der Waals surface area contributed by atoms with Gasteiger partial charge in [0.1, 0.15) is 36.9 Å². The highest BCUT2D eigenvalue weighted by Crippen LogP contribution is 2.30. The molecule has 0 aliphatic rings. The Morgan fingerprint density at radius 2 is 1.64 bits per heavy atom. The Balaban J connectivity index is 1.31. The molecule has 5 rings (SSSR count). The monoisotopic (exact) mass is 795 g/mol. The number of carbonyl (C=O) groups excluding carboxylic acids is 2. The highest BCUT2D eigenvalue weighted by Gasteiger charge is 2.28. The summed E-state index contributed by atoms with van der Waals surface area (Å²) in [5.41, 5.74) is 4.40. The third-order valence-electron chi connectivity index (χ3n) is 8.36. The van der Waals surface area contributed by atoms with Gasteiger partial charge in [-0.25, -0.2) is 19.5 Å². The van der Waals surface area contributed by atoms with E-state index < -0.39 is 41.4 Å². The molecule has 19 nitrogen and oxygen atoms in total. The lowest BCUT2D eigenvalue weighted by Crippen LogP contribution is -2.44. The van der Waals surface area contributed by atoms with Crippen molar-refractivity contribution in [1.29, 1.82) is 0 Å². The van der Waals surface area contributed by atoms with E-state index in [1.165, 1.54) is 0 Å². The molecule has 0 saturated heterocycles. The number of rotatable bonds is 22. The van der Waals surface area contributed by atoms with E-state index in [2.05, 4.69) is 47.5 Å². The number of amides is 1. The summed E-state index contributed by atoms with van der Waals surface area (Å²) in [6.45, 7) is 1.03. The molecule has 6 N–H and O–H groups in total. The van der Waals surface area contributed by atoms with Gasteiger partial charge in [-0.2, -0.15) is 5.21 Å². The molecule has 298 valence electrons. The van der Waals surface area contributed by atoms with E-state index in [4.69, 9.17) is 41.9 Å². The number of imidazole rings is 1. The molecule has 0 saturated carbocycles. The SMILES string of the molecule is CCCCc1nc(Cl)c(C(=O)NC(Cc2ccccc2)C(=O)OCCOCC(CON(O)O)ON(O)O)n1Cc1ccc(-c2ccccc2-c2nn[nH]n2)cc1. The number of tetrazole rings is 1. The second kappa shape index (κ2) is 21.2. The fourth-order valence-corrected chi connectivity index (χ4v) is 6.02. The van der Waals surface area contributed by atoms with Crippen LogP contribution in [0.5, 0.6) is 0 Å². The number of aryl methyl sites for hydroxylation is 1. The van der Waals surface area contributed by atoms with Gasteiger partial charge in [0.15, 0.2) is 5.15 Å². The zero-order valence-corrected chi connectivity index (χ0v) is 31.0. The van der Waals surface area contributed by atoms with Crippen molar-refractivity contribution in [3.63, 3.8) is 0 Å². The van der Waals surface area contributed by atoms with E-state index in [1.807, 2.05) is 78.9 Å². The molecular formula is C36H42ClN9O10. The Morgan fingerprint density at radius 3 is 2.32 bits per heavy atom. The minimum atomic E-state index is -1.19. The molecule has 5 aromatic rings. The quantitative estimate of drug-likeness (QED) is 0.0329. The van der Waals surface area contributed by atoms with Gasteiger partial charge in [0.2, 0.25) is 5.82 Å². The van der Waals surface area contributed by atoms with Gasteiger partial charge < -0.3 is 19.4 Å². The van der Waals surface area contributed by atoms with Crippen LogP contribution in [-0.2, 0) is 43.3 Å². The highest BCUT2D eigenvalue weighted by molar-refractivity contribution is 6.32. The zero-order valence-electron chi connectivity index (χ0n) is 30.3. The summed E-state index contributed by atoms with van der Waals surface area (Å²) in [7, 11) is 0. The third kappa shape index (κ3) is 12.2. The molecule has 0 aliphatic heterocycles. The van der Waals surface area contributed by atoms with E-state index in [0.29, 0.717) is 18.1 Å². The van der Waals surface area contributed by atoms with Gasteiger partial charge in [0.05, 0.1) is 24.0 Å². The van der Waals surface area contributed by atoms with Crippen molar-refractivity contribution in [2.45, 2.75) is 51.3 Å². The van der Waals surface area contributed by atoms with Gasteiger partial charge in [-0.15, -0.1) is 10.2 Å². The summed E-state index contributed by atoms with van der Waals surface area (Å²) < 4.78 is 12.6. The molecular weight excluding hydrogens is 754 g/mol. The van der Waals surface area contributed by atoms with Crippen LogP contribution in [0, 0.1) is 0 Å². The van der Waals surface area contributed by atoms with Crippen molar-refractivity contribution in [2.24, 2.45) is 0 Å². The van der Waals surface area contributed by atoms with Crippen LogP contribution in [0.2, 0.25) is 5.15 Å². The van der Waals surface area contributed by atoms with Gasteiger partial charge in [-0.05, 0) is 33.9 Å². The van der Waals surface area contributed by atoms with Crippen molar-refractivity contribution in [3.8, 4) is 22.5 Å². The molecule has 1 amide bonds. The lowest BCUT2D eigenvalue weighted by atomic mass is 9.98. The topological polar surface area (TPSA) is 243 Å². The van der Waals surface area contributed by atoms with Gasteiger partial charge in [-0.3, -0.25) is 25.6 Å². The Hall–Kier alpha value is -5.19. The molecule has 3 aromatic carbocycles. The van der Waals surface area contributed by atoms with Crippen LogP contribution >= 0.6 is 11.6 Å². The van der Waals surface area contributed by atoms with Crippen LogP contribution in [0.15, 0.2) is 78.9 Å². The number of aromatic nitrogens is 6. The maximum atomic E-state index is 14.1. The average molecular weight is 796 g/mol. The molecule has 2 atom stereocenters. The number of hydrogen-bond donors (Lipinski definition) is 6. The second-order valence-electron chi connectivity index (χ2n) is 12.3. The number of carbonyl (C=O) groups is 2. The fraction of sp³-hybridized carbons (Fsp3) is 0.333.